The van der Waals surface area contributed by atoms with Crippen LogP contribution in [-0.2, 0) is 22.4 Å². The molecule has 2 N–H and O–H groups in total. The van der Waals surface area contributed by atoms with Crippen LogP contribution in [-0.4, -0.2) is 27.9 Å². The Hall–Kier alpha value is -3.48. The number of hydrogen-bond donors (Lipinski definition) is 2. The maximum absolute atomic E-state index is 12.1. The lowest BCUT2D eigenvalue weighted by molar-refractivity contribution is -0.308. The number of para-hydroxylation sites is 1. The van der Waals surface area contributed by atoms with Gasteiger partial charge in [0.25, 0.3) is 5.56 Å². The van der Waals surface area contributed by atoms with Gasteiger partial charge < -0.3 is 20.2 Å². The van der Waals surface area contributed by atoms with Crippen LogP contribution in [0.5, 0.6) is 0 Å². The first-order valence-electron chi connectivity index (χ1n) is 8.55. The van der Waals surface area contributed by atoms with Crippen LogP contribution in [0.25, 0.3) is 10.9 Å². The summed E-state index contributed by atoms with van der Waals surface area (Å²) < 4.78 is 0. The summed E-state index contributed by atoms with van der Waals surface area (Å²) in [5.74, 6) is -1.41. The molecule has 138 valence electrons. The highest BCUT2D eigenvalue weighted by atomic mass is 16.4. The maximum Gasteiger partial charge on any atom is 0.258 e. The Morgan fingerprint density at radius 2 is 1.78 bits per heavy atom. The van der Waals surface area contributed by atoms with Gasteiger partial charge in [-0.1, -0.05) is 42.5 Å². The number of rotatable bonds is 7. The quantitative estimate of drug-likeness (QED) is 0.627. The zero-order chi connectivity index (χ0) is 19.2. The Labute approximate surface area is 155 Å². The van der Waals surface area contributed by atoms with Crippen molar-refractivity contribution in [2.24, 2.45) is 0 Å². The zero-order valence-electron chi connectivity index (χ0n) is 14.5. The van der Waals surface area contributed by atoms with Gasteiger partial charge in [-0.05, 0) is 24.1 Å². The highest BCUT2D eigenvalue weighted by molar-refractivity contribution is 5.83. The number of benzene rings is 2. The van der Waals surface area contributed by atoms with Gasteiger partial charge in [0.05, 0.1) is 22.9 Å². The summed E-state index contributed by atoms with van der Waals surface area (Å²) in [4.78, 5) is 42.5. The Bertz CT molecular complexity index is 1010. The van der Waals surface area contributed by atoms with E-state index in [-0.39, 0.29) is 24.8 Å². The third-order valence-electron chi connectivity index (χ3n) is 4.15. The summed E-state index contributed by atoms with van der Waals surface area (Å²) in [6.07, 6.45) is 0.330. The van der Waals surface area contributed by atoms with E-state index >= 15 is 0 Å². The molecule has 0 saturated heterocycles. The lowest BCUT2D eigenvalue weighted by Gasteiger charge is -2.19. The Kier molecular flexibility index (Phi) is 5.61. The van der Waals surface area contributed by atoms with E-state index in [4.69, 9.17) is 0 Å². The number of hydrogen-bond acceptors (Lipinski definition) is 5. The van der Waals surface area contributed by atoms with Crippen LogP contribution in [0.15, 0.2) is 59.4 Å². The fraction of sp³-hybridized carbons (Fsp3) is 0.200. The van der Waals surface area contributed by atoms with Crippen LogP contribution >= 0.6 is 0 Å². The minimum absolute atomic E-state index is 0.000149. The minimum atomic E-state index is -1.34. The minimum Gasteiger partial charge on any atom is -0.548 e. The number of amides is 1. The zero-order valence-corrected chi connectivity index (χ0v) is 14.5. The third kappa shape index (κ3) is 4.78. The summed E-state index contributed by atoms with van der Waals surface area (Å²) >= 11 is 0. The van der Waals surface area contributed by atoms with Gasteiger partial charge in [0.1, 0.15) is 5.82 Å². The number of carboxylic acid groups (broad SMARTS) is 1. The fourth-order valence-electron chi connectivity index (χ4n) is 2.79. The average molecular weight is 364 g/mol. The molecule has 1 amide bonds. The molecule has 0 aliphatic heterocycles. The van der Waals surface area contributed by atoms with E-state index in [2.05, 4.69) is 15.3 Å². The van der Waals surface area contributed by atoms with Crippen molar-refractivity contribution in [2.45, 2.75) is 25.3 Å². The molecule has 0 aliphatic carbocycles. The monoisotopic (exact) mass is 364 g/mol. The first-order chi connectivity index (χ1) is 13.0. The molecule has 7 heteroatoms. The molecular weight excluding hydrogens is 346 g/mol. The summed E-state index contributed by atoms with van der Waals surface area (Å²) in [6.45, 7) is 0. The topological polar surface area (TPSA) is 115 Å². The van der Waals surface area contributed by atoms with E-state index in [0.717, 1.165) is 5.56 Å². The molecule has 1 aromatic heterocycles. The molecule has 0 unspecified atom stereocenters. The van der Waals surface area contributed by atoms with E-state index in [0.29, 0.717) is 16.7 Å². The van der Waals surface area contributed by atoms with Crippen molar-refractivity contribution >= 4 is 22.8 Å². The van der Waals surface area contributed by atoms with Crippen LogP contribution in [0.4, 0.5) is 0 Å². The largest absolute Gasteiger partial charge is 0.548 e. The van der Waals surface area contributed by atoms with Crippen molar-refractivity contribution in [3.05, 3.63) is 76.3 Å². The number of nitrogens with zero attached hydrogens (tertiary/aromatic N) is 1. The van der Waals surface area contributed by atoms with Crippen LogP contribution in [0.2, 0.25) is 0 Å². The van der Waals surface area contributed by atoms with E-state index in [1.165, 1.54) is 0 Å². The molecule has 1 atom stereocenters. The van der Waals surface area contributed by atoms with Gasteiger partial charge in [0.2, 0.25) is 5.91 Å². The van der Waals surface area contributed by atoms with Gasteiger partial charge in [0, 0.05) is 12.8 Å². The predicted octanol–water partition coefficient (Wildman–Crippen LogP) is 0.333. The molecule has 0 spiro atoms. The predicted molar refractivity (Wildman–Crippen MR) is 97.8 cm³/mol. The SMILES string of the molecule is O=C(CCc1nc2ccccc2c(=O)[nH]1)N[C@@H](Cc1ccccc1)C(=O)[O-]. The Morgan fingerprint density at radius 3 is 2.52 bits per heavy atom. The number of carbonyl (C=O) groups excluding carboxylic acids is 2. The number of aliphatic carboxylic acids is 1. The van der Waals surface area contributed by atoms with Gasteiger partial charge in [-0.2, -0.15) is 0 Å². The van der Waals surface area contributed by atoms with E-state index in [9.17, 15) is 19.5 Å². The lowest BCUT2D eigenvalue weighted by Crippen LogP contribution is -2.49. The summed E-state index contributed by atoms with van der Waals surface area (Å²) in [5, 5.41) is 14.3. The number of carbonyl (C=O) groups is 2. The Morgan fingerprint density at radius 1 is 1.07 bits per heavy atom. The Balaban J connectivity index is 1.63. The second-order valence-electron chi connectivity index (χ2n) is 6.16. The van der Waals surface area contributed by atoms with Crippen LogP contribution in [0, 0.1) is 0 Å². The number of nitrogens with one attached hydrogen (secondary N) is 2. The highest BCUT2D eigenvalue weighted by Crippen LogP contribution is 2.07. The lowest BCUT2D eigenvalue weighted by atomic mass is 10.1. The number of aromatic nitrogens is 2. The number of aryl methyl sites for hydroxylation is 1. The molecule has 0 radical (unpaired) electrons. The molecule has 2 aromatic carbocycles. The van der Waals surface area contributed by atoms with Gasteiger partial charge in [-0.15, -0.1) is 0 Å². The maximum atomic E-state index is 12.1. The van der Waals surface area contributed by atoms with Gasteiger partial charge >= 0.3 is 0 Å². The van der Waals surface area contributed by atoms with Gasteiger partial charge in [0.15, 0.2) is 0 Å². The molecular formula is C20H18N3O4-. The summed E-state index contributed by atoms with van der Waals surface area (Å²) in [6, 6.07) is 14.8. The first-order valence-corrected chi connectivity index (χ1v) is 8.55. The van der Waals surface area contributed by atoms with Crippen LogP contribution in [0.1, 0.15) is 17.8 Å². The van der Waals surface area contributed by atoms with Crippen molar-refractivity contribution in [1.82, 2.24) is 15.3 Å². The molecule has 0 saturated carbocycles. The molecule has 27 heavy (non-hydrogen) atoms. The molecule has 0 bridgehead atoms. The smallest absolute Gasteiger partial charge is 0.258 e. The highest BCUT2D eigenvalue weighted by Gasteiger charge is 2.15. The number of carboxylic acids is 1. The molecule has 0 aliphatic rings. The van der Waals surface area contributed by atoms with E-state index in [1.807, 2.05) is 6.07 Å². The van der Waals surface area contributed by atoms with Crippen LogP contribution < -0.4 is 16.0 Å². The molecule has 3 rings (SSSR count). The van der Waals surface area contributed by atoms with Crippen LogP contribution in [0.3, 0.4) is 0 Å². The van der Waals surface area contributed by atoms with E-state index < -0.39 is 17.9 Å². The standard InChI is InChI=1S/C20H19N3O4/c24-18(22-16(20(26)27)12-13-6-2-1-3-7-13)11-10-17-21-15-9-5-4-8-14(15)19(25)23-17/h1-9,16H,10-12H2,(H,22,24)(H,26,27)(H,21,23,25)/p-1/t16-/m0/s1. The van der Waals surface area contributed by atoms with Crippen molar-refractivity contribution in [3.8, 4) is 0 Å². The molecule has 3 aromatic rings. The average Bonchev–Trinajstić information content (AvgIpc) is 2.67. The molecule has 7 nitrogen and oxygen atoms in total. The second kappa shape index (κ2) is 8.27. The number of H-pyrrole nitrogens is 1. The van der Waals surface area contributed by atoms with Crippen molar-refractivity contribution in [2.75, 3.05) is 0 Å². The molecule has 1 heterocycles. The van der Waals surface area contributed by atoms with Crippen molar-refractivity contribution in [3.63, 3.8) is 0 Å². The van der Waals surface area contributed by atoms with Gasteiger partial charge in [-0.3, -0.25) is 9.59 Å². The number of aromatic amines is 1. The number of fused-ring (bicyclic) bond motifs is 1. The van der Waals surface area contributed by atoms with Gasteiger partial charge in [-0.25, -0.2) is 4.98 Å². The second-order valence-corrected chi connectivity index (χ2v) is 6.16. The van der Waals surface area contributed by atoms with Crippen molar-refractivity contribution in [1.29, 1.82) is 0 Å². The normalized spacial score (nSPS) is 11.9. The molecule has 0 fully saturated rings. The third-order valence-corrected chi connectivity index (χ3v) is 4.15. The van der Waals surface area contributed by atoms with E-state index in [1.54, 1.807) is 48.5 Å². The van der Waals surface area contributed by atoms with Crippen molar-refractivity contribution < 1.29 is 14.7 Å². The first kappa shape index (κ1) is 18.3. The fourth-order valence-corrected chi connectivity index (χ4v) is 2.79. The summed E-state index contributed by atoms with van der Waals surface area (Å²) in [7, 11) is 0. The summed E-state index contributed by atoms with van der Waals surface area (Å²) in [5.41, 5.74) is 1.06.